The molecule has 6 rings (SSSR count). The zero-order valence-electron chi connectivity index (χ0n) is 29.2. The Hall–Kier alpha value is -2.20. The van der Waals surface area contributed by atoms with Crippen molar-refractivity contribution in [3.8, 4) is 0 Å². The van der Waals surface area contributed by atoms with Crippen LogP contribution < -0.4 is 0 Å². The van der Waals surface area contributed by atoms with E-state index in [0.717, 1.165) is 63.7 Å². The fourth-order valence-corrected chi connectivity index (χ4v) is 8.84. The Kier molecular flexibility index (Phi) is 10.6. The number of halogens is 1. The highest BCUT2D eigenvalue weighted by Crippen LogP contribution is 2.40. The SMILES string of the molecule is CN1CCN(C(=O)[C@@H]2C[C@H](N(C(=O)[C@@H]3CCCO3)[C@H]3CC[C@@H](C)CC3)CN2C(=O)[C@@H]2CN(C(C)(C)C)C[C@@H]2c2ccc(Cl)cc2)CC1. The highest BCUT2D eigenvalue weighted by Gasteiger charge is 2.51. The lowest BCUT2D eigenvalue weighted by Gasteiger charge is -2.41. The van der Waals surface area contributed by atoms with Crippen LogP contribution in [0.15, 0.2) is 24.3 Å². The van der Waals surface area contributed by atoms with Crippen molar-refractivity contribution in [2.45, 2.75) is 108 Å². The summed E-state index contributed by atoms with van der Waals surface area (Å²) < 4.78 is 5.95. The van der Waals surface area contributed by atoms with E-state index in [1.165, 1.54) is 0 Å². The minimum atomic E-state index is -0.576. The van der Waals surface area contributed by atoms with Crippen LogP contribution in [0.25, 0.3) is 0 Å². The first kappa shape index (κ1) is 34.7. The van der Waals surface area contributed by atoms with E-state index >= 15 is 4.79 Å². The van der Waals surface area contributed by atoms with Crippen LogP contribution in [-0.4, -0.2) is 131 Å². The molecule has 0 unspecified atom stereocenters. The Morgan fingerprint density at radius 3 is 2.17 bits per heavy atom. The summed E-state index contributed by atoms with van der Waals surface area (Å²) in [6.45, 7) is 14.3. The maximum Gasteiger partial charge on any atom is 0.252 e. The molecular weight excluding hydrogens is 614 g/mol. The van der Waals surface area contributed by atoms with E-state index in [4.69, 9.17) is 16.3 Å². The molecule has 0 radical (unpaired) electrons. The van der Waals surface area contributed by atoms with E-state index in [1.54, 1.807) is 0 Å². The van der Waals surface area contributed by atoms with Crippen molar-refractivity contribution < 1.29 is 19.1 Å². The quantitative estimate of drug-likeness (QED) is 0.445. The van der Waals surface area contributed by atoms with Gasteiger partial charge in [0, 0.05) is 74.9 Å². The van der Waals surface area contributed by atoms with Gasteiger partial charge < -0.3 is 24.3 Å². The molecule has 5 fully saturated rings. The Morgan fingerprint density at radius 1 is 0.872 bits per heavy atom. The van der Waals surface area contributed by atoms with Crippen molar-refractivity contribution in [3.63, 3.8) is 0 Å². The van der Waals surface area contributed by atoms with Crippen LogP contribution in [0, 0.1) is 11.8 Å². The number of benzene rings is 1. The van der Waals surface area contributed by atoms with Crippen molar-refractivity contribution in [1.82, 2.24) is 24.5 Å². The van der Waals surface area contributed by atoms with Gasteiger partial charge >= 0.3 is 0 Å². The average Bonchev–Trinajstić information content (AvgIpc) is 3.83. The smallest absolute Gasteiger partial charge is 0.252 e. The number of ether oxygens (including phenoxy) is 1. The van der Waals surface area contributed by atoms with Crippen LogP contribution in [0.1, 0.15) is 84.1 Å². The molecule has 1 aromatic carbocycles. The number of amides is 3. The van der Waals surface area contributed by atoms with Crippen molar-refractivity contribution in [2.24, 2.45) is 11.8 Å². The lowest BCUT2D eigenvalue weighted by atomic mass is 9.85. The van der Waals surface area contributed by atoms with E-state index in [0.29, 0.717) is 50.1 Å². The highest BCUT2D eigenvalue weighted by molar-refractivity contribution is 6.30. The normalized spacial score (nSPS) is 32.6. The number of hydrogen-bond acceptors (Lipinski definition) is 6. The average molecular weight is 670 g/mol. The third-order valence-electron chi connectivity index (χ3n) is 11.8. The largest absolute Gasteiger partial charge is 0.368 e. The lowest BCUT2D eigenvalue weighted by molar-refractivity contribution is -0.148. The van der Waals surface area contributed by atoms with Crippen molar-refractivity contribution in [3.05, 3.63) is 34.9 Å². The number of likely N-dealkylation sites (tertiary alicyclic amines) is 2. The van der Waals surface area contributed by atoms with Gasteiger partial charge in [0.1, 0.15) is 12.1 Å². The summed E-state index contributed by atoms with van der Waals surface area (Å²) in [7, 11) is 2.08. The first-order valence-electron chi connectivity index (χ1n) is 18.1. The minimum Gasteiger partial charge on any atom is -0.368 e. The van der Waals surface area contributed by atoms with Gasteiger partial charge in [-0.05, 0) is 96.4 Å². The van der Waals surface area contributed by atoms with Crippen molar-refractivity contribution in [2.75, 3.05) is 59.5 Å². The second-order valence-electron chi connectivity index (χ2n) is 16.0. The van der Waals surface area contributed by atoms with Gasteiger partial charge in [0.2, 0.25) is 11.8 Å². The number of nitrogens with zero attached hydrogens (tertiary/aromatic N) is 5. The molecule has 4 saturated heterocycles. The molecule has 47 heavy (non-hydrogen) atoms. The minimum absolute atomic E-state index is 0.0121. The number of carbonyl (C=O) groups is 3. The molecule has 3 amide bonds. The van der Waals surface area contributed by atoms with Gasteiger partial charge in [0.15, 0.2) is 0 Å². The van der Waals surface area contributed by atoms with Crippen LogP contribution in [-0.2, 0) is 19.1 Å². The van der Waals surface area contributed by atoms with Crippen molar-refractivity contribution >= 4 is 29.3 Å². The molecule has 0 aromatic heterocycles. The van der Waals surface area contributed by atoms with E-state index in [9.17, 15) is 9.59 Å². The molecule has 260 valence electrons. The number of hydrogen-bond donors (Lipinski definition) is 0. The zero-order valence-corrected chi connectivity index (χ0v) is 30.0. The van der Waals surface area contributed by atoms with Gasteiger partial charge in [-0.1, -0.05) is 30.7 Å². The fourth-order valence-electron chi connectivity index (χ4n) is 8.71. The molecule has 0 bridgehead atoms. The second kappa shape index (κ2) is 14.3. The summed E-state index contributed by atoms with van der Waals surface area (Å²) in [6.07, 6.45) is 5.80. The summed E-state index contributed by atoms with van der Waals surface area (Å²) in [6, 6.07) is 7.24. The fraction of sp³-hybridized carbons (Fsp3) is 0.757. The molecule has 4 heterocycles. The predicted molar refractivity (Wildman–Crippen MR) is 184 cm³/mol. The zero-order chi connectivity index (χ0) is 33.5. The highest BCUT2D eigenvalue weighted by atomic mass is 35.5. The third-order valence-corrected chi connectivity index (χ3v) is 12.0. The molecule has 9 nitrogen and oxygen atoms in total. The van der Waals surface area contributed by atoms with E-state index < -0.39 is 12.1 Å². The van der Waals surface area contributed by atoms with Crippen molar-refractivity contribution in [1.29, 1.82) is 0 Å². The molecule has 0 spiro atoms. The second-order valence-corrected chi connectivity index (χ2v) is 16.5. The summed E-state index contributed by atoms with van der Waals surface area (Å²) in [5.74, 6) is 0.470. The van der Waals surface area contributed by atoms with Gasteiger partial charge in [0.25, 0.3) is 5.91 Å². The summed E-state index contributed by atoms with van der Waals surface area (Å²) in [5, 5.41) is 0.677. The number of carbonyl (C=O) groups excluding carboxylic acids is 3. The monoisotopic (exact) mass is 669 g/mol. The molecule has 1 aliphatic carbocycles. The predicted octanol–water partition coefficient (Wildman–Crippen LogP) is 4.48. The molecule has 0 N–H and O–H groups in total. The van der Waals surface area contributed by atoms with Gasteiger partial charge in [-0.2, -0.15) is 0 Å². The first-order valence-corrected chi connectivity index (χ1v) is 18.5. The summed E-state index contributed by atoms with van der Waals surface area (Å²) >= 11 is 6.28. The van der Waals surface area contributed by atoms with Crippen LogP contribution in [0.2, 0.25) is 5.02 Å². The van der Waals surface area contributed by atoms with Crippen LogP contribution in [0.5, 0.6) is 0 Å². The Morgan fingerprint density at radius 2 is 1.55 bits per heavy atom. The van der Waals surface area contributed by atoms with E-state index in [1.807, 2.05) is 34.1 Å². The maximum absolute atomic E-state index is 15.0. The Bertz CT molecular complexity index is 1260. The molecule has 5 aliphatic rings. The van der Waals surface area contributed by atoms with E-state index in [2.05, 4.69) is 49.4 Å². The molecule has 5 atom stereocenters. The number of likely N-dealkylation sites (N-methyl/N-ethyl adjacent to an activating group) is 1. The molecule has 1 aromatic rings. The Labute approximate surface area is 286 Å². The van der Waals surface area contributed by atoms with Crippen LogP contribution >= 0.6 is 11.6 Å². The lowest BCUT2D eigenvalue weighted by Crippen LogP contribution is -2.54. The van der Waals surface area contributed by atoms with Gasteiger partial charge in [0.05, 0.1) is 12.0 Å². The summed E-state index contributed by atoms with van der Waals surface area (Å²) in [4.78, 5) is 54.3. The van der Waals surface area contributed by atoms with Gasteiger partial charge in [-0.15, -0.1) is 0 Å². The maximum atomic E-state index is 15.0. The Balaban J connectivity index is 1.32. The third kappa shape index (κ3) is 7.53. The number of piperazine rings is 1. The summed E-state index contributed by atoms with van der Waals surface area (Å²) in [5.41, 5.74) is 0.994. The van der Waals surface area contributed by atoms with Crippen LogP contribution in [0.4, 0.5) is 0 Å². The van der Waals surface area contributed by atoms with Gasteiger partial charge in [-0.25, -0.2) is 0 Å². The number of rotatable bonds is 6. The van der Waals surface area contributed by atoms with E-state index in [-0.39, 0.29) is 47.2 Å². The molecule has 1 saturated carbocycles. The topological polar surface area (TPSA) is 76.6 Å². The molecule has 10 heteroatoms. The van der Waals surface area contributed by atoms with Crippen LogP contribution in [0.3, 0.4) is 0 Å². The molecular formula is C37H56ClN5O4. The molecule has 4 aliphatic heterocycles. The van der Waals surface area contributed by atoms with Gasteiger partial charge in [-0.3, -0.25) is 19.3 Å². The first-order chi connectivity index (χ1) is 22.4. The standard InChI is InChI=1S/C37H56ClN5O4/c1-25-8-14-28(15-9-25)43(36(46)33-7-6-20-47-33)29-21-32(35(45)40-18-16-39(5)17-19-40)42(22-29)34(44)31-24-41(37(2,3)4)23-30(31)26-10-12-27(38)13-11-26/h10-13,25,28-33H,6-9,14-24H2,1-5H3/t25-,28+,29-,30+,31+,32-,33-/m0/s1.